The predicted molar refractivity (Wildman–Crippen MR) is 90.8 cm³/mol. The van der Waals surface area contributed by atoms with Gasteiger partial charge in [0.2, 0.25) is 0 Å². The van der Waals surface area contributed by atoms with Crippen LogP contribution in [0.2, 0.25) is 0 Å². The first-order valence-electron chi connectivity index (χ1n) is 6.42. The monoisotopic (exact) mass is 317 g/mol. The molecule has 2 aromatic carbocycles. The van der Waals surface area contributed by atoms with Crippen molar-refractivity contribution < 1.29 is 9.47 Å². The summed E-state index contributed by atoms with van der Waals surface area (Å²) in [7, 11) is 0. The van der Waals surface area contributed by atoms with E-state index in [2.05, 4.69) is 5.32 Å². The standard InChI is InChI=1S/C16H15NO2S2/c20-15(18-11-13-7-3-1-4-8-13)17-16(21)19-12-14-9-5-2-6-10-14/h1-10H,11-12H2,(H,17,20,21). The van der Waals surface area contributed by atoms with Gasteiger partial charge in [-0.1, -0.05) is 60.7 Å². The molecular weight excluding hydrogens is 302 g/mol. The Morgan fingerprint density at radius 2 is 1.10 bits per heavy atom. The lowest BCUT2D eigenvalue weighted by Crippen LogP contribution is -2.31. The molecule has 0 aliphatic rings. The molecule has 21 heavy (non-hydrogen) atoms. The molecule has 0 unspecified atom stereocenters. The van der Waals surface area contributed by atoms with Crippen molar-refractivity contribution in [2.75, 3.05) is 0 Å². The Morgan fingerprint density at radius 3 is 1.48 bits per heavy atom. The van der Waals surface area contributed by atoms with E-state index in [1.807, 2.05) is 60.7 Å². The topological polar surface area (TPSA) is 30.5 Å². The molecule has 0 radical (unpaired) electrons. The third kappa shape index (κ3) is 5.89. The summed E-state index contributed by atoms with van der Waals surface area (Å²) in [4.78, 5) is 0. The first kappa shape index (κ1) is 15.4. The van der Waals surface area contributed by atoms with E-state index in [9.17, 15) is 0 Å². The van der Waals surface area contributed by atoms with Crippen LogP contribution >= 0.6 is 24.4 Å². The molecule has 0 amide bonds. The van der Waals surface area contributed by atoms with Crippen LogP contribution in [-0.2, 0) is 22.7 Å². The molecule has 0 bridgehead atoms. The van der Waals surface area contributed by atoms with Gasteiger partial charge in [0.15, 0.2) is 0 Å². The van der Waals surface area contributed by atoms with Crippen molar-refractivity contribution in [3.05, 3.63) is 71.8 Å². The molecule has 0 saturated heterocycles. The van der Waals surface area contributed by atoms with Crippen LogP contribution in [-0.4, -0.2) is 10.3 Å². The number of hydrogen-bond donors (Lipinski definition) is 1. The summed E-state index contributed by atoms with van der Waals surface area (Å²) in [6.07, 6.45) is 0. The van der Waals surface area contributed by atoms with Crippen molar-refractivity contribution in [2.45, 2.75) is 13.2 Å². The zero-order valence-corrected chi connectivity index (χ0v) is 13.0. The molecule has 0 saturated carbocycles. The predicted octanol–water partition coefficient (Wildman–Crippen LogP) is 3.58. The van der Waals surface area contributed by atoms with Crippen molar-refractivity contribution in [3.8, 4) is 0 Å². The number of thiocarbonyl (C=S) groups is 2. The van der Waals surface area contributed by atoms with Crippen LogP contribution in [0.25, 0.3) is 0 Å². The van der Waals surface area contributed by atoms with E-state index in [1.54, 1.807) is 0 Å². The van der Waals surface area contributed by atoms with Crippen LogP contribution in [0.15, 0.2) is 60.7 Å². The second-order valence-electron chi connectivity index (χ2n) is 4.25. The molecular formula is C16H15NO2S2. The van der Waals surface area contributed by atoms with Gasteiger partial charge in [-0.3, -0.25) is 5.32 Å². The number of nitrogens with one attached hydrogen (secondary N) is 1. The Morgan fingerprint density at radius 1 is 0.714 bits per heavy atom. The van der Waals surface area contributed by atoms with Gasteiger partial charge in [-0.05, 0) is 35.6 Å². The maximum absolute atomic E-state index is 5.40. The Bertz CT molecular complexity index is 534. The Balaban J connectivity index is 1.69. The van der Waals surface area contributed by atoms with Crippen molar-refractivity contribution >= 4 is 34.8 Å². The highest BCUT2D eigenvalue weighted by Gasteiger charge is 2.03. The summed E-state index contributed by atoms with van der Waals surface area (Å²) < 4.78 is 10.8. The number of rotatable bonds is 4. The summed E-state index contributed by atoms with van der Waals surface area (Å²) in [6, 6.07) is 19.6. The molecule has 108 valence electrons. The van der Waals surface area contributed by atoms with Gasteiger partial charge in [0.25, 0.3) is 10.3 Å². The van der Waals surface area contributed by atoms with E-state index < -0.39 is 0 Å². The van der Waals surface area contributed by atoms with Gasteiger partial charge in [0.05, 0.1) is 0 Å². The van der Waals surface area contributed by atoms with Gasteiger partial charge in [-0.2, -0.15) is 0 Å². The molecule has 1 N–H and O–H groups in total. The molecule has 3 nitrogen and oxygen atoms in total. The number of benzene rings is 2. The third-order valence-corrected chi connectivity index (χ3v) is 3.07. The molecule has 2 rings (SSSR count). The van der Waals surface area contributed by atoms with Crippen molar-refractivity contribution in [1.29, 1.82) is 0 Å². The molecule has 2 aromatic rings. The van der Waals surface area contributed by atoms with Crippen LogP contribution in [0.1, 0.15) is 11.1 Å². The summed E-state index contributed by atoms with van der Waals surface area (Å²) in [6.45, 7) is 0.794. The van der Waals surface area contributed by atoms with E-state index in [-0.39, 0.29) is 10.3 Å². The Kier molecular flexibility index (Phi) is 6.12. The number of hydrogen-bond acceptors (Lipinski definition) is 4. The minimum absolute atomic E-state index is 0.205. The smallest absolute Gasteiger partial charge is 0.264 e. The lowest BCUT2D eigenvalue weighted by molar-refractivity contribution is 0.271. The molecule has 0 aromatic heterocycles. The van der Waals surface area contributed by atoms with E-state index >= 15 is 0 Å². The van der Waals surface area contributed by atoms with E-state index in [0.717, 1.165) is 11.1 Å². The van der Waals surface area contributed by atoms with Gasteiger partial charge in [-0.25, -0.2) is 0 Å². The van der Waals surface area contributed by atoms with Gasteiger partial charge in [-0.15, -0.1) is 0 Å². The summed E-state index contributed by atoms with van der Waals surface area (Å²) >= 11 is 10.1. The zero-order chi connectivity index (χ0) is 14.9. The fraction of sp³-hybridized carbons (Fsp3) is 0.125. The van der Waals surface area contributed by atoms with Gasteiger partial charge in [0.1, 0.15) is 13.2 Å². The second-order valence-corrected chi connectivity index (χ2v) is 4.99. The lowest BCUT2D eigenvalue weighted by atomic mass is 10.2. The van der Waals surface area contributed by atoms with Gasteiger partial charge < -0.3 is 9.47 Å². The molecule has 0 heterocycles. The van der Waals surface area contributed by atoms with Crippen LogP contribution < -0.4 is 5.32 Å². The van der Waals surface area contributed by atoms with Crippen LogP contribution in [0.4, 0.5) is 0 Å². The maximum Gasteiger partial charge on any atom is 0.264 e. The van der Waals surface area contributed by atoms with Gasteiger partial charge >= 0.3 is 0 Å². The normalized spacial score (nSPS) is 9.71. The minimum atomic E-state index is 0.205. The fourth-order valence-electron chi connectivity index (χ4n) is 1.60. The highest BCUT2D eigenvalue weighted by atomic mass is 32.1. The largest absolute Gasteiger partial charge is 0.466 e. The van der Waals surface area contributed by atoms with Crippen molar-refractivity contribution in [2.24, 2.45) is 0 Å². The first-order chi connectivity index (χ1) is 10.2. The number of ether oxygens (including phenoxy) is 2. The maximum atomic E-state index is 5.40. The van der Waals surface area contributed by atoms with Crippen LogP contribution in [0.3, 0.4) is 0 Å². The molecule has 0 aliphatic heterocycles. The quantitative estimate of drug-likeness (QED) is 0.871. The second kappa shape index (κ2) is 8.34. The first-order valence-corrected chi connectivity index (χ1v) is 7.24. The average molecular weight is 317 g/mol. The van der Waals surface area contributed by atoms with E-state index in [0.29, 0.717) is 13.2 Å². The molecule has 0 fully saturated rings. The van der Waals surface area contributed by atoms with Crippen molar-refractivity contribution in [1.82, 2.24) is 5.32 Å². The minimum Gasteiger partial charge on any atom is -0.466 e. The molecule has 0 atom stereocenters. The molecule has 0 aliphatic carbocycles. The van der Waals surface area contributed by atoms with Gasteiger partial charge in [0, 0.05) is 0 Å². The lowest BCUT2D eigenvalue weighted by Gasteiger charge is -2.11. The summed E-state index contributed by atoms with van der Waals surface area (Å²) in [5, 5.41) is 3.15. The van der Waals surface area contributed by atoms with Crippen molar-refractivity contribution in [3.63, 3.8) is 0 Å². The average Bonchev–Trinajstić information content (AvgIpc) is 2.53. The highest BCUT2D eigenvalue weighted by molar-refractivity contribution is 7.81. The highest BCUT2D eigenvalue weighted by Crippen LogP contribution is 2.02. The van der Waals surface area contributed by atoms with E-state index in [1.165, 1.54) is 0 Å². The Hall–Kier alpha value is -1.98. The molecule has 0 spiro atoms. The summed E-state index contributed by atoms with van der Waals surface area (Å²) in [5.74, 6) is 0. The fourth-order valence-corrected chi connectivity index (χ4v) is 1.97. The third-order valence-electron chi connectivity index (χ3n) is 2.63. The van der Waals surface area contributed by atoms with Crippen LogP contribution in [0.5, 0.6) is 0 Å². The SMILES string of the molecule is S=C(NC(=S)OCc1ccccc1)OCc1ccccc1. The zero-order valence-electron chi connectivity index (χ0n) is 11.3. The molecule has 5 heteroatoms. The Labute approximate surface area is 134 Å². The summed E-state index contributed by atoms with van der Waals surface area (Å²) in [5.41, 5.74) is 2.08. The van der Waals surface area contributed by atoms with Crippen LogP contribution in [0, 0.1) is 0 Å². The van der Waals surface area contributed by atoms with E-state index in [4.69, 9.17) is 33.9 Å².